The van der Waals surface area contributed by atoms with E-state index in [-0.39, 0.29) is 5.82 Å². The van der Waals surface area contributed by atoms with Gasteiger partial charge in [-0.2, -0.15) is 0 Å². The molecule has 0 aliphatic carbocycles. The van der Waals surface area contributed by atoms with Gasteiger partial charge in [-0.25, -0.2) is 9.18 Å². The number of carboxylic acids is 1. The molecule has 1 aliphatic rings. The number of aromatic carboxylic acids is 1. The molecule has 0 bridgehead atoms. The molecular formula is C18H20FNO2S. The SMILES string of the molecule is O=C(O)c1sccc1CN1CCC(Cc2ccccc2F)CC1. The molecule has 122 valence electrons. The van der Waals surface area contributed by atoms with Gasteiger partial charge in [-0.15, -0.1) is 11.3 Å². The molecule has 1 saturated heterocycles. The van der Waals surface area contributed by atoms with Gasteiger partial charge in [0.1, 0.15) is 10.7 Å². The molecule has 3 nitrogen and oxygen atoms in total. The number of nitrogens with zero attached hydrogens (tertiary/aromatic N) is 1. The first-order valence-electron chi connectivity index (χ1n) is 7.89. The third-order valence-electron chi connectivity index (χ3n) is 4.51. The second-order valence-electron chi connectivity index (χ2n) is 6.10. The fourth-order valence-electron chi connectivity index (χ4n) is 3.21. The van der Waals surface area contributed by atoms with Crippen LogP contribution >= 0.6 is 11.3 Å². The lowest BCUT2D eigenvalue weighted by atomic mass is 9.90. The highest BCUT2D eigenvalue weighted by Crippen LogP contribution is 2.25. The highest BCUT2D eigenvalue weighted by atomic mass is 32.1. The summed E-state index contributed by atoms with van der Waals surface area (Å²) in [5.74, 6) is -0.451. The summed E-state index contributed by atoms with van der Waals surface area (Å²) < 4.78 is 13.7. The third-order valence-corrected chi connectivity index (χ3v) is 5.45. The second kappa shape index (κ2) is 7.23. The standard InChI is InChI=1S/C18H20FNO2S/c19-16-4-2-1-3-14(16)11-13-5-8-20(9-6-13)12-15-7-10-23-17(15)18(21)22/h1-4,7,10,13H,5-6,8-9,11-12H2,(H,21,22). The minimum Gasteiger partial charge on any atom is -0.477 e. The van der Waals surface area contributed by atoms with E-state index in [9.17, 15) is 14.3 Å². The number of carboxylic acid groups (broad SMARTS) is 1. The van der Waals surface area contributed by atoms with E-state index in [0.29, 0.717) is 17.3 Å². The van der Waals surface area contributed by atoms with Crippen molar-refractivity contribution in [2.45, 2.75) is 25.8 Å². The molecule has 1 aromatic carbocycles. The van der Waals surface area contributed by atoms with Crippen LogP contribution in [0.5, 0.6) is 0 Å². The number of piperidine rings is 1. The van der Waals surface area contributed by atoms with Crippen LogP contribution in [0.2, 0.25) is 0 Å². The Labute approximate surface area is 139 Å². The van der Waals surface area contributed by atoms with Gasteiger partial charge in [-0.1, -0.05) is 18.2 Å². The average molecular weight is 333 g/mol. The van der Waals surface area contributed by atoms with Crippen molar-refractivity contribution in [1.29, 1.82) is 0 Å². The van der Waals surface area contributed by atoms with Crippen molar-refractivity contribution in [3.63, 3.8) is 0 Å². The Balaban J connectivity index is 1.53. The molecule has 1 N–H and O–H groups in total. The van der Waals surface area contributed by atoms with Gasteiger partial charge >= 0.3 is 5.97 Å². The maximum atomic E-state index is 13.7. The van der Waals surface area contributed by atoms with Crippen LogP contribution in [0.25, 0.3) is 0 Å². The largest absolute Gasteiger partial charge is 0.477 e. The van der Waals surface area contributed by atoms with Gasteiger partial charge in [0.15, 0.2) is 0 Å². The van der Waals surface area contributed by atoms with E-state index < -0.39 is 5.97 Å². The van der Waals surface area contributed by atoms with E-state index in [1.165, 1.54) is 17.4 Å². The Bertz CT molecular complexity index is 677. The molecule has 2 heterocycles. The van der Waals surface area contributed by atoms with E-state index in [0.717, 1.165) is 43.5 Å². The Kier molecular flexibility index (Phi) is 5.08. The first-order chi connectivity index (χ1) is 11.1. The molecule has 0 spiro atoms. The van der Waals surface area contributed by atoms with Crippen LogP contribution in [0.15, 0.2) is 35.7 Å². The third kappa shape index (κ3) is 3.98. The topological polar surface area (TPSA) is 40.5 Å². The van der Waals surface area contributed by atoms with Crippen LogP contribution < -0.4 is 0 Å². The van der Waals surface area contributed by atoms with Crippen molar-refractivity contribution in [2.75, 3.05) is 13.1 Å². The molecule has 1 aromatic heterocycles. The van der Waals surface area contributed by atoms with Gasteiger partial charge in [-0.3, -0.25) is 4.90 Å². The molecule has 0 amide bonds. The fraction of sp³-hybridized carbons (Fsp3) is 0.389. The predicted octanol–water partition coefficient (Wildman–Crippen LogP) is 4.04. The summed E-state index contributed by atoms with van der Waals surface area (Å²) in [6.07, 6.45) is 2.85. The maximum Gasteiger partial charge on any atom is 0.346 e. The summed E-state index contributed by atoms with van der Waals surface area (Å²) >= 11 is 1.28. The van der Waals surface area contributed by atoms with Crippen LogP contribution in [0.4, 0.5) is 4.39 Å². The van der Waals surface area contributed by atoms with Crippen molar-refractivity contribution in [3.05, 3.63) is 57.5 Å². The summed E-state index contributed by atoms with van der Waals surface area (Å²) in [4.78, 5) is 13.9. The first kappa shape index (κ1) is 16.1. The van der Waals surface area contributed by atoms with Crippen molar-refractivity contribution >= 4 is 17.3 Å². The molecule has 2 aromatic rings. The van der Waals surface area contributed by atoms with E-state index in [1.54, 1.807) is 6.07 Å². The van der Waals surface area contributed by atoms with Gasteiger partial charge in [-0.05, 0) is 66.9 Å². The lowest BCUT2D eigenvalue weighted by Gasteiger charge is -2.32. The lowest BCUT2D eigenvalue weighted by molar-refractivity contribution is 0.0699. The molecule has 0 unspecified atom stereocenters. The molecule has 1 aliphatic heterocycles. The number of hydrogen-bond donors (Lipinski definition) is 1. The molecular weight excluding hydrogens is 313 g/mol. The van der Waals surface area contributed by atoms with Gasteiger partial charge in [0.2, 0.25) is 0 Å². The van der Waals surface area contributed by atoms with E-state index >= 15 is 0 Å². The summed E-state index contributed by atoms with van der Waals surface area (Å²) in [7, 11) is 0. The summed E-state index contributed by atoms with van der Waals surface area (Å²) in [5, 5.41) is 11.0. The van der Waals surface area contributed by atoms with Crippen LogP contribution in [0.3, 0.4) is 0 Å². The molecule has 1 fully saturated rings. The van der Waals surface area contributed by atoms with Gasteiger partial charge in [0.25, 0.3) is 0 Å². The number of likely N-dealkylation sites (tertiary alicyclic amines) is 1. The minimum atomic E-state index is -0.843. The molecule has 0 radical (unpaired) electrons. The Hall–Kier alpha value is -1.72. The highest BCUT2D eigenvalue weighted by molar-refractivity contribution is 7.12. The van der Waals surface area contributed by atoms with Crippen LogP contribution in [0, 0.1) is 11.7 Å². The van der Waals surface area contributed by atoms with Crippen LogP contribution in [0.1, 0.15) is 33.6 Å². The molecule has 5 heteroatoms. The number of rotatable bonds is 5. The van der Waals surface area contributed by atoms with Crippen LogP contribution in [-0.2, 0) is 13.0 Å². The van der Waals surface area contributed by atoms with E-state index in [4.69, 9.17) is 0 Å². The van der Waals surface area contributed by atoms with Crippen molar-refractivity contribution < 1.29 is 14.3 Å². The predicted molar refractivity (Wildman–Crippen MR) is 89.4 cm³/mol. The van der Waals surface area contributed by atoms with Gasteiger partial charge in [0, 0.05) is 6.54 Å². The van der Waals surface area contributed by atoms with Crippen molar-refractivity contribution in [1.82, 2.24) is 4.90 Å². The minimum absolute atomic E-state index is 0.112. The average Bonchev–Trinajstić information content (AvgIpc) is 3.00. The highest BCUT2D eigenvalue weighted by Gasteiger charge is 2.22. The van der Waals surface area contributed by atoms with Gasteiger partial charge < -0.3 is 5.11 Å². The number of carbonyl (C=O) groups is 1. The number of hydrogen-bond acceptors (Lipinski definition) is 3. The Morgan fingerprint density at radius 3 is 2.65 bits per heavy atom. The Morgan fingerprint density at radius 1 is 1.22 bits per heavy atom. The molecule has 23 heavy (non-hydrogen) atoms. The lowest BCUT2D eigenvalue weighted by Crippen LogP contribution is -2.34. The second-order valence-corrected chi connectivity index (χ2v) is 7.01. The zero-order valence-electron chi connectivity index (χ0n) is 12.9. The van der Waals surface area contributed by atoms with Crippen LogP contribution in [-0.4, -0.2) is 29.1 Å². The molecule has 0 atom stereocenters. The number of benzene rings is 1. The van der Waals surface area contributed by atoms with Crippen molar-refractivity contribution in [2.24, 2.45) is 5.92 Å². The monoisotopic (exact) mass is 333 g/mol. The van der Waals surface area contributed by atoms with E-state index in [2.05, 4.69) is 4.90 Å². The zero-order valence-corrected chi connectivity index (χ0v) is 13.7. The fourth-order valence-corrected chi connectivity index (χ4v) is 3.97. The first-order valence-corrected chi connectivity index (χ1v) is 8.77. The van der Waals surface area contributed by atoms with Gasteiger partial charge in [0.05, 0.1) is 0 Å². The summed E-state index contributed by atoms with van der Waals surface area (Å²) in [6.45, 7) is 2.57. The summed E-state index contributed by atoms with van der Waals surface area (Å²) in [6, 6.07) is 8.90. The zero-order chi connectivity index (χ0) is 16.2. The number of halogens is 1. The number of thiophene rings is 1. The smallest absolute Gasteiger partial charge is 0.346 e. The van der Waals surface area contributed by atoms with Crippen molar-refractivity contribution in [3.8, 4) is 0 Å². The molecule has 3 rings (SSSR count). The van der Waals surface area contributed by atoms with E-state index in [1.807, 2.05) is 23.6 Å². The normalized spacial score (nSPS) is 16.6. The summed E-state index contributed by atoms with van der Waals surface area (Å²) in [5.41, 5.74) is 1.70. The Morgan fingerprint density at radius 2 is 1.96 bits per heavy atom. The maximum absolute atomic E-state index is 13.7. The molecule has 0 saturated carbocycles. The quantitative estimate of drug-likeness (QED) is 0.898.